The second-order valence-electron chi connectivity index (χ2n) is 2.87. The summed E-state index contributed by atoms with van der Waals surface area (Å²) in [7, 11) is 0. The van der Waals surface area contributed by atoms with E-state index in [-0.39, 0.29) is 0 Å². The van der Waals surface area contributed by atoms with Gasteiger partial charge in [-0.3, -0.25) is 4.98 Å². The molecule has 0 amide bonds. The van der Waals surface area contributed by atoms with Crippen molar-refractivity contribution in [3.63, 3.8) is 0 Å². The molecule has 0 spiro atoms. The van der Waals surface area contributed by atoms with Crippen LogP contribution < -0.4 is 0 Å². The van der Waals surface area contributed by atoms with Gasteiger partial charge in [0, 0.05) is 18.0 Å². The summed E-state index contributed by atoms with van der Waals surface area (Å²) < 4.78 is 0. The van der Waals surface area contributed by atoms with E-state index in [1.165, 1.54) is 0 Å². The maximum absolute atomic E-state index is 8.71. The number of hydrogen-bond donors (Lipinski definition) is 0. The lowest BCUT2D eigenvalue weighted by molar-refractivity contribution is 1.30. The van der Waals surface area contributed by atoms with E-state index in [0.29, 0.717) is 5.56 Å². The predicted molar refractivity (Wildman–Crippen MR) is 53.2 cm³/mol. The van der Waals surface area contributed by atoms with E-state index >= 15 is 0 Å². The minimum absolute atomic E-state index is 0.575. The molecule has 0 unspecified atom stereocenters. The molecule has 2 aromatic rings. The first kappa shape index (κ1) is 8.46. The Hall–Kier alpha value is -2.14. The Bertz CT molecular complexity index is 469. The number of aromatic nitrogens is 1. The fourth-order valence-electron chi connectivity index (χ4n) is 1.23. The van der Waals surface area contributed by atoms with Crippen molar-refractivity contribution in [3.05, 3.63) is 54.4 Å². The average molecular weight is 179 g/mol. The topological polar surface area (TPSA) is 36.7 Å². The summed E-state index contributed by atoms with van der Waals surface area (Å²) in [6.07, 6.45) is 3.29. The summed E-state index contributed by atoms with van der Waals surface area (Å²) >= 11 is 0. The molecule has 2 nitrogen and oxygen atoms in total. The first-order valence-electron chi connectivity index (χ1n) is 4.22. The lowest BCUT2D eigenvalue weighted by atomic mass is 10.1. The number of benzene rings is 1. The lowest BCUT2D eigenvalue weighted by Crippen LogP contribution is -1.82. The predicted octanol–water partition coefficient (Wildman–Crippen LogP) is 2.42. The molecule has 0 atom stereocenters. The Morgan fingerprint density at radius 1 is 1.29 bits per heavy atom. The molecule has 1 heterocycles. The zero-order valence-corrected chi connectivity index (χ0v) is 7.44. The van der Waals surface area contributed by atoms with Crippen molar-refractivity contribution in [3.8, 4) is 17.2 Å². The summed E-state index contributed by atoms with van der Waals surface area (Å²) in [6.45, 7) is 0. The van der Waals surface area contributed by atoms with E-state index in [2.05, 4.69) is 17.1 Å². The van der Waals surface area contributed by atoms with Gasteiger partial charge in [0.05, 0.1) is 5.56 Å². The molecule has 0 N–H and O–H groups in total. The molecule has 0 aliphatic rings. The number of rotatable bonds is 1. The van der Waals surface area contributed by atoms with Crippen molar-refractivity contribution in [1.29, 1.82) is 5.26 Å². The van der Waals surface area contributed by atoms with Crippen molar-refractivity contribution >= 4 is 0 Å². The molecule has 2 rings (SSSR count). The molecule has 2 heteroatoms. The van der Waals surface area contributed by atoms with Gasteiger partial charge >= 0.3 is 0 Å². The van der Waals surface area contributed by atoms with Crippen molar-refractivity contribution in [2.45, 2.75) is 0 Å². The van der Waals surface area contributed by atoms with Crippen molar-refractivity contribution in [2.75, 3.05) is 0 Å². The molecule has 0 saturated carbocycles. The Morgan fingerprint density at radius 2 is 2.21 bits per heavy atom. The minimum atomic E-state index is 0.575. The molecule has 0 saturated heterocycles. The van der Waals surface area contributed by atoms with Gasteiger partial charge < -0.3 is 0 Å². The van der Waals surface area contributed by atoms with Gasteiger partial charge in [-0.25, -0.2) is 0 Å². The number of hydrogen-bond acceptors (Lipinski definition) is 2. The van der Waals surface area contributed by atoms with Gasteiger partial charge in [-0.05, 0) is 23.8 Å². The Labute approximate surface area is 82.5 Å². The van der Waals surface area contributed by atoms with E-state index < -0.39 is 0 Å². The molecule has 0 aliphatic carbocycles. The summed E-state index contributed by atoms with van der Waals surface area (Å²) in [5, 5.41) is 8.71. The van der Waals surface area contributed by atoms with Crippen LogP contribution in [0.1, 0.15) is 5.56 Å². The Balaban J connectivity index is 2.49. The van der Waals surface area contributed by atoms with Crippen LogP contribution in [0.3, 0.4) is 0 Å². The van der Waals surface area contributed by atoms with Gasteiger partial charge in [0.25, 0.3) is 0 Å². The van der Waals surface area contributed by atoms with Crippen LogP contribution in [0.25, 0.3) is 11.1 Å². The molecule has 65 valence electrons. The average Bonchev–Trinajstić information content (AvgIpc) is 2.30. The van der Waals surface area contributed by atoms with Crippen LogP contribution in [0, 0.1) is 17.4 Å². The first-order valence-corrected chi connectivity index (χ1v) is 4.22. The van der Waals surface area contributed by atoms with Crippen molar-refractivity contribution in [1.82, 2.24) is 4.98 Å². The zero-order chi connectivity index (χ0) is 9.80. The van der Waals surface area contributed by atoms with Crippen LogP contribution in [0.15, 0.2) is 42.7 Å². The molecule has 0 bridgehead atoms. The third-order valence-corrected chi connectivity index (χ3v) is 1.91. The number of pyridine rings is 1. The van der Waals surface area contributed by atoms with Gasteiger partial charge in [0.1, 0.15) is 6.07 Å². The summed E-state index contributed by atoms with van der Waals surface area (Å²) in [5.74, 6) is 0. The molecule has 1 radical (unpaired) electrons. The first-order chi connectivity index (χ1) is 6.90. The van der Waals surface area contributed by atoms with E-state index in [9.17, 15) is 0 Å². The molecule has 1 aromatic heterocycles. The van der Waals surface area contributed by atoms with Gasteiger partial charge in [0.2, 0.25) is 0 Å². The van der Waals surface area contributed by atoms with Crippen LogP contribution in [0.4, 0.5) is 0 Å². The normalized spacial score (nSPS) is 9.36. The third-order valence-electron chi connectivity index (χ3n) is 1.91. The highest BCUT2D eigenvalue weighted by molar-refractivity contribution is 5.63. The maximum atomic E-state index is 8.71. The van der Waals surface area contributed by atoms with Gasteiger partial charge in [-0.2, -0.15) is 5.26 Å². The Kier molecular flexibility index (Phi) is 2.24. The fourth-order valence-corrected chi connectivity index (χ4v) is 1.23. The second kappa shape index (κ2) is 3.71. The second-order valence-corrected chi connectivity index (χ2v) is 2.87. The number of nitriles is 1. The highest BCUT2D eigenvalue weighted by atomic mass is 14.6. The zero-order valence-electron chi connectivity index (χ0n) is 7.44. The third kappa shape index (κ3) is 1.62. The maximum Gasteiger partial charge on any atom is 0.101 e. The van der Waals surface area contributed by atoms with Gasteiger partial charge in [0.15, 0.2) is 0 Å². The van der Waals surface area contributed by atoms with E-state index in [4.69, 9.17) is 5.26 Å². The standard InChI is InChI=1S/C12H7N2/c13-7-10-6-12(9-14-8-10)11-4-2-1-3-5-11/h1-2,4-6,8-9H. The van der Waals surface area contributed by atoms with Gasteiger partial charge in [-0.15, -0.1) is 0 Å². The highest BCUT2D eigenvalue weighted by Crippen LogP contribution is 2.17. The summed E-state index contributed by atoms with van der Waals surface area (Å²) in [6, 6.07) is 14.5. The van der Waals surface area contributed by atoms with Crippen LogP contribution in [-0.4, -0.2) is 4.98 Å². The Morgan fingerprint density at radius 3 is 2.93 bits per heavy atom. The summed E-state index contributed by atoms with van der Waals surface area (Å²) in [5.41, 5.74) is 2.55. The van der Waals surface area contributed by atoms with Crippen LogP contribution in [0.5, 0.6) is 0 Å². The van der Waals surface area contributed by atoms with Crippen molar-refractivity contribution < 1.29 is 0 Å². The molecular weight excluding hydrogens is 172 g/mol. The molecular formula is C12H7N2. The smallest absolute Gasteiger partial charge is 0.101 e. The molecule has 0 fully saturated rings. The molecule has 0 aliphatic heterocycles. The van der Waals surface area contributed by atoms with Crippen LogP contribution in [0.2, 0.25) is 0 Å². The van der Waals surface area contributed by atoms with Gasteiger partial charge in [-0.1, -0.05) is 18.2 Å². The lowest BCUT2D eigenvalue weighted by Gasteiger charge is -1.99. The minimum Gasteiger partial charge on any atom is -0.263 e. The van der Waals surface area contributed by atoms with E-state index in [1.807, 2.05) is 30.3 Å². The largest absolute Gasteiger partial charge is 0.263 e. The SMILES string of the molecule is N#Cc1cncc(-c2c[c]ccc2)c1. The molecule has 14 heavy (non-hydrogen) atoms. The summed E-state index contributed by atoms with van der Waals surface area (Å²) in [4.78, 5) is 4.00. The fraction of sp³-hybridized carbons (Fsp3) is 0. The van der Waals surface area contributed by atoms with Crippen LogP contribution in [-0.2, 0) is 0 Å². The monoisotopic (exact) mass is 179 g/mol. The van der Waals surface area contributed by atoms with E-state index in [0.717, 1.165) is 11.1 Å². The van der Waals surface area contributed by atoms with Crippen LogP contribution >= 0.6 is 0 Å². The van der Waals surface area contributed by atoms with E-state index in [1.54, 1.807) is 12.4 Å². The number of nitrogens with zero attached hydrogens (tertiary/aromatic N) is 2. The molecule has 1 aromatic carbocycles. The highest BCUT2D eigenvalue weighted by Gasteiger charge is 1.97. The van der Waals surface area contributed by atoms with Crippen molar-refractivity contribution in [2.24, 2.45) is 0 Å². The quantitative estimate of drug-likeness (QED) is 0.674.